The van der Waals surface area contributed by atoms with Gasteiger partial charge in [-0.3, -0.25) is 4.79 Å². The summed E-state index contributed by atoms with van der Waals surface area (Å²) < 4.78 is 5.45. The van der Waals surface area contributed by atoms with E-state index in [2.05, 4.69) is 5.32 Å². The second-order valence-electron chi connectivity index (χ2n) is 4.42. The lowest BCUT2D eigenvalue weighted by Gasteiger charge is -2.16. The number of carboxylic acid groups (broad SMARTS) is 1. The molecular weight excluding hydrogens is 270 g/mol. The van der Waals surface area contributed by atoms with Crippen LogP contribution in [0.2, 0.25) is 0 Å². The highest BCUT2D eigenvalue weighted by molar-refractivity contribution is 5.95. The number of ether oxygens (including phenoxy) is 1. The maximum absolute atomic E-state index is 12.0. The number of carbonyl (C=O) groups is 2. The minimum Gasteiger partial charge on any atom is -0.480 e. The van der Waals surface area contributed by atoms with Crippen LogP contribution in [0, 0.1) is 0 Å². The molecule has 1 amide bonds. The molecule has 2 rings (SSSR count). The highest BCUT2D eigenvalue weighted by Crippen LogP contribution is 2.19. The number of aromatic carboxylic acids is 1. The largest absolute Gasteiger partial charge is 0.480 e. The molecule has 0 aromatic heterocycles. The zero-order chi connectivity index (χ0) is 15.2. The third-order valence-electron chi connectivity index (χ3n) is 2.83. The summed E-state index contributed by atoms with van der Waals surface area (Å²) >= 11 is 0. The lowest BCUT2D eigenvalue weighted by Crippen LogP contribution is -2.30. The Hall–Kier alpha value is -2.82. The van der Waals surface area contributed by atoms with Crippen molar-refractivity contribution in [2.24, 2.45) is 0 Å². The van der Waals surface area contributed by atoms with Gasteiger partial charge in [0.05, 0.1) is 0 Å². The smallest absolute Gasteiger partial charge is 0.339 e. The van der Waals surface area contributed by atoms with Crippen LogP contribution in [0.15, 0.2) is 54.6 Å². The van der Waals surface area contributed by atoms with E-state index in [1.165, 1.54) is 12.1 Å². The number of benzene rings is 2. The van der Waals surface area contributed by atoms with Crippen molar-refractivity contribution in [2.75, 3.05) is 5.32 Å². The number of rotatable bonds is 5. The monoisotopic (exact) mass is 285 g/mol. The van der Waals surface area contributed by atoms with E-state index in [4.69, 9.17) is 9.84 Å². The first kappa shape index (κ1) is 14.6. The summed E-state index contributed by atoms with van der Waals surface area (Å²) in [5.41, 5.74) is 0.682. The number of nitrogens with one attached hydrogen (secondary N) is 1. The lowest BCUT2D eigenvalue weighted by molar-refractivity contribution is -0.122. The van der Waals surface area contributed by atoms with Gasteiger partial charge in [-0.05, 0) is 31.2 Å². The molecule has 0 heterocycles. The van der Waals surface area contributed by atoms with Gasteiger partial charge in [-0.2, -0.15) is 0 Å². The molecule has 21 heavy (non-hydrogen) atoms. The summed E-state index contributed by atoms with van der Waals surface area (Å²) in [6, 6.07) is 15.2. The minimum atomic E-state index is -1.10. The molecule has 1 unspecified atom stereocenters. The van der Waals surface area contributed by atoms with Crippen LogP contribution >= 0.6 is 0 Å². The third kappa shape index (κ3) is 3.82. The molecule has 108 valence electrons. The molecule has 0 aliphatic heterocycles. The van der Waals surface area contributed by atoms with E-state index in [1.54, 1.807) is 43.3 Å². The molecule has 2 aromatic carbocycles. The fourth-order valence-electron chi connectivity index (χ4n) is 1.76. The van der Waals surface area contributed by atoms with E-state index in [0.717, 1.165) is 0 Å². The SMILES string of the molecule is CC(Oc1ccccc1C(=O)O)C(=O)Nc1ccccc1. The third-order valence-corrected chi connectivity index (χ3v) is 2.83. The fraction of sp³-hybridized carbons (Fsp3) is 0.125. The zero-order valence-corrected chi connectivity index (χ0v) is 11.4. The van der Waals surface area contributed by atoms with Gasteiger partial charge >= 0.3 is 5.97 Å². The summed E-state index contributed by atoms with van der Waals surface area (Å²) in [5.74, 6) is -1.27. The van der Waals surface area contributed by atoms with Gasteiger partial charge in [0, 0.05) is 5.69 Å². The van der Waals surface area contributed by atoms with Crippen LogP contribution in [0.1, 0.15) is 17.3 Å². The summed E-state index contributed by atoms with van der Waals surface area (Å²) in [6.45, 7) is 1.57. The number of hydrogen-bond donors (Lipinski definition) is 2. The van der Waals surface area contributed by atoms with Gasteiger partial charge < -0.3 is 15.2 Å². The van der Waals surface area contributed by atoms with Crippen molar-refractivity contribution in [3.63, 3.8) is 0 Å². The van der Waals surface area contributed by atoms with Crippen molar-refractivity contribution in [1.29, 1.82) is 0 Å². The van der Waals surface area contributed by atoms with E-state index in [9.17, 15) is 9.59 Å². The molecule has 0 bridgehead atoms. The van der Waals surface area contributed by atoms with Crippen LogP contribution in [0.25, 0.3) is 0 Å². The quantitative estimate of drug-likeness (QED) is 0.885. The lowest BCUT2D eigenvalue weighted by atomic mass is 10.2. The molecule has 0 fully saturated rings. The molecule has 1 atom stereocenters. The average molecular weight is 285 g/mol. The van der Waals surface area contributed by atoms with Gasteiger partial charge in [0.1, 0.15) is 11.3 Å². The fourth-order valence-corrected chi connectivity index (χ4v) is 1.76. The number of amides is 1. The molecule has 0 radical (unpaired) electrons. The Morgan fingerprint density at radius 3 is 2.33 bits per heavy atom. The van der Waals surface area contributed by atoms with Gasteiger partial charge in [0.2, 0.25) is 0 Å². The number of anilines is 1. The van der Waals surface area contributed by atoms with Gasteiger partial charge in [-0.25, -0.2) is 4.79 Å². The Morgan fingerprint density at radius 1 is 1.05 bits per heavy atom. The molecule has 0 saturated carbocycles. The van der Waals surface area contributed by atoms with Gasteiger partial charge in [-0.1, -0.05) is 30.3 Å². The highest BCUT2D eigenvalue weighted by atomic mass is 16.5. The molecule has 0 aliphatic rings. The van der Waals surface area contributed by atoms with Crippen molar-refractivity contribution >= 4 is 17.6 Å². The molecule has 5 nitrogen and oxygen atoms in total. The second kappa shape index (κ2) is 6.56. The molecule has 5 heteroatoms. The normalized spacial score (nSPS) is 11.5. The standard InChI is InChI=1S/C16H15NO4/c1-11(15(18)17-12-7-3-2-4-8-12)21-14-10-6-5-9-13(14)16(19)20/h2-11H,1H3,(H,17,18)(H,19,20). The Morgan fingerprint density at radius 2 is 1.67 bits per heavy atom. The van der Waals surface area contributed by atoms with Crippen molar-refractivity contribution in [2.45, 2.75) is 13.0 Å². The van der Waals surface area contributed by atoms with Gasteiger partial charge in [0.25, 0.3) is 5.91 Å². The molecule has 2 N–H and O–H groups in total. The van der Waals surface area contributed by atoms with E-state index < -0.39 is 12.1 Å². The Labute approximate surface area is 122 Å². The predicted molar refractivity (Wildman–Crippen MR) is 78.6 cm³/mol. The predicted octanol–water partition coefficient (Wildman–Crippen LogP) is 2.79. The van der Waals surface area contributed by atoms with Crippen molar-refractivity contribution < 1.29 is 19.4 Å². The average Bonchev–Trinajstić information content (AvgIpc) is 2.48. The van der Waals surface area contributed by atoms with Crippen LogP contribution in [-0.2, 0) is 4.79 Å². The van der Waals surface area contributed by atoms with E-state index >= 15 is 0 Å². The number of hydrogen-bond acceptors (Lipinski definition) is 3. The summed E-state index contributed by atoms with van der Waals surface area (Å²) in [7, 11) is 0. The molecular formula is C16H15NO4. The Balaban J connectivity index is 2.06. The summed E-state index contributed by atoms with van der Waals surface area (Å²) in [4.78, 5) is 23.1. The van der Waals surface area contributed by atoms with Gasteiger partial charge in [0.15, 0.2) is 6.10 Å². The first-order valence-electron chi connectivity index (χ1n) is 6.43. The van der Waals surface area contributed by atoms with E-state index in [1.807, 2.05) is 6.07 Å². The summed E-state index contributed by atoms with van der Waals surface area (Å²) in [6.07, 6.45) is -0.814. The Kier molecular flexibility index (Phi) is 4.56. The number of para-hydroxylation sites is 2. The van der Waals surface area contributed by atoms with Crippen molar-refractivity contribution in [3.8, 4) is 5.75 Å². The highest BCUT2D eigenvalue weighted by Gasteiger charge is 2.18. The maximum atomic E-state index is 12.0. The van der Waals surface area contributed by atoms with E-state index in [-0.39, 0.29) is 17.2 Å². The number of carbonyl (C=O) groups excluding carboxylic acids is 1. The molecule has 0 spiro atoms. The maximum Gasteiger partial charge on any atom is 0.339 e. The topological polar surface area (TPSA) is 75.6 Å². The second-order valence-corrected chi connectivity index (χ2v) is 4.42. The zero-order valence-electron chi connectivity index (χ0n) is 11.4. The Bertz CT molecular complexity index is 640. The first-order chi connectivity index (χ1) is 10.1. The molecule has 0 saturated heterocycles. The van der Waals surface area contributed by atoms with Crippen LogP contribution in [0.3, 0.4) is 0 Å². The molecule has 2 aromatic rings. The summed E-state index contributed by atoms with van der Waals surface area (Å²) in [5, 5.41) is 11.8. The van der Waals surface area contributed by atoms with Crippen molar-refractivity contribution in [3.05, 3.63) is 60.2 Å². The van der Waals surface area contributed by atoms with Crippen LogP contribution in [0.5, 0.6) is 5.75 Å². The van der Waals surface area contributed by atoms with Gasteiger partial charge in [-0.15, -0.1) is 0 Å². The first-order valence-corrected chi connectivity index (χ1v) is 6.43. The van der Waals surface area contributed by atoms with Crippen LogP contribution < -0.4 is 10.1 Å². The van der Waals surface area contributed by atoms with E-state index in [0.29, 0.717) is 5.69 Å². The molecule has 0 aliphatic carbocycles. The minimum absolute atomic E-state index is 0.0249. The number of carboxylic acids is 1. The van der Waals surface area contributed by atoms with Crippen LogP contribution in [0.4, 0.5) is 5.69 Å². The van der Waals surface area contributed by atoms with Crippen LogP contribution in [-0.4, -0.2) is 23.1 Å². The van der Waals surface area contributed by atoms with Crippen molar-refractivity contribution in [1.82, 2.24) is 0 Å².